The standard InChI is InChI=1S/C11H20N4O2/c1-15-6-5-13-10(15)8-12-9-11(16)14-4-3-7-17-2/h5-6,12H,3-4,7-9H2,1-2H3,(H,14,16). The number of nitrogens with zero attached hydrogens (tertiary/aromatic N) is 2. The fourth-order valence-electron chi connectivity index (χ4n) is 1.36. The number of ether oxygens (including phenoxy) is 1. The molecule has 0 unspecified atom stereocenters. The number of nitrogens with one attached hydrogen (secondary N) is 2. The van der Waals surface area contributed by atoms with E-state index in [2.05, 4.69) is 15.6 Å². The van der Waals surface area contributed by atoms with E-state index in [1.54, 1.807) is 13.3 Å². The van der Waals surface area contributed by atoms with Gasteiger partial charge in [0.1, 0.15) is 5.82 Å². The van der Waals surface area contributed by atoms with Crippen molar-refractivity contribution in [3.05, 3.63) is 18.2 Å². The molecule has 0 bridgehead atoms. The molecular weight excluding hydrogens is 220 g/mol. The van der Waals surface area contributed by atoms with Crippen molar-refractivity contribution in [2.75, 3.05) is 26.8 Å². The van der Waals surface area contributed by atoms with E-state index >= 15 is 0 Å². The van der Waals surface area contributed by atoms with Crippen molar-refractivity contribution >= 4 is 5.91 Å². The van der Waals surface area contributed by atoms with E-state index in [0.717, 1.165) is 12.2 Å². The van der Waals surface area contributed by atoms with Crippen LogP contribution in [-0.4, -0.2) is 42.3 Å². The van der Waals surface area contributed by atoms with E-state index in [9.17, 15) is 4.79 Å². The molecule has 1 rings (SSSR count). The molecule has 6 heteroatoms. The summed E-state index contributed by atoms with van der Waals surface area (Å²) in [6.45, 7) is 2.21. The molecule has 0 spiro atoms. The van der Waals surface area contributed by atoms with Crippen LogP contribution in [0.5, 0.6) is 0 Å². The summed E-state index contributed by atoms with van der Waals surface area (Å²) in [5.74, 6) is 0.910. The molecule has 1 heterocycles. The fourth-order valence-corrected chi connectivity index (χ4v) is 1.36. The van der Waals surface area contributed by atoms with Gasteiger partial charge in [-0.15, -0.1) is 0 Å². The molecule has 0 saturated heterocycles. The average Bonchev–Trinajstić information content (AvgIpc) is 2.71. The van der Waals surface area contributed by atoms with Gasteiger partial charge in [-0.25, -0.2) is 4.98 Å². The second-order valence-electron chi connectivity index (χ2n) is 3.75. The molecular formula is C11H20N4O2. The van der Waals surface area contributed by atoms with Crippen LogP contribution in [0, 0.1) is 0 Å². The first-order chi connectivity index (χ1) is 8.24. The third-order valence-corrected chi connectivity index (χ3v) is 2.34. The van der Waals surface area contributed by atoms with Crippen LogP contribution in [0.25, 0.3) is 0 Å². The quantitative estimate of drug-likeness (QED) is 0.610. The summed E-state index contributed by atoms with van der Waals surface area (Å²) in [5.41, 5.74) is 0. The van der Waals surface area contributed by atoms with Crippen LogP contribution in [-0.2, 0) is 23.1 Å². The number of carbonyl (C=O) groups is 1. The molecule has 0 aliphatic heterocycles. The van der Waals surface area contributed by atoms with Crippen molar-refractivity contribution in [2.45, 2.75) is 13.0 Å². The third-order valence-electron chi connectivity index (χ3n) is 2.34. The van der Waals surface area contributed by atoms with Gasteiger partial charge in [0.05, 0.1) is 13.1 Å². The molecule has 0 aromatic carbocycles. The van der Waals surface area contributed by atoms with Crippen LogP contribution in [0.2, 0.25) is 0 Å². The van der Waals surface area contributed by atoms with Gasteiger partial charge in [0.2, 0.25) is 5.91 Å². The molecule has 0 aliphatic rings. The summed E-state index contributed by atoms with van der Waals surface area (Å²) >= 11 is 0. The highest BCUT2D eigenvalue weighted by atomic mass is 16.5. The second kappa shape index (κ2) is 7.81. The summed E-state index contributed by atoms with van der Waals surface area (Å²) in [5, 5.41) is 5.85. The number of aromatic nitrogens is 2. The zero-order chi connectivity index (χ0) is 12.5. The van der Waals surface area contributed by atoms with Gasteiger partial charge in [-0.1, -0.05) is 0 Å². The molecule has 1 amide bonds. The average molecular weight is 240 g/mol. The summed E-state index contributed by atoms with van der Waals surface area (Å²) in [7, 11) is 3.57. The maximum Gasteiger partial charge on any atom is 0.233 e. The number of imidazole rings is 1. The molecule has 6 nitrogen and oxygen atoms in total. The van der Waals surface area contributed by atoms with Crippen LogP contribution in [0.15, 0.2) is 12.4 Å². The summed E-state index contributed by atoms with van der Waals surface area (Å²) in [4.78, 5) is 15.5. The third kappa shape index (κ3) is 5.46. The molecule has 0 saturated carbocycles. The Morgan fingerprint density at radius 2 is 2.41 bits per heavy atom. The van der Waals surface area contributed by atoms with E-state index in [4.69, 9.17) is 4.74 Å². The minimum absolute atomic E-state index is 0.00434. The first-order valence-corrected chi connectivity index (χ1v) is 5.66. The van der Waals surface area contributed by atoms with E-state index in [-0.39, 0.29) is 5.91 Å². The molecule has 96 valence electrons. The van der Waals surface area contributed by atoms with Crippen molar-refractivity contribution in [1.29, 1.82) is 0 Å². The highest BCUT2D eigenvalue weighted by Crippen LogP contribution is 1.92. The lowest BCUT2D eigenvalue weighted by atomic mass is 10.4. The smallest absolute Gasteiger partial charge is 0.233 e. The maximum atomic E-state index is 11.4. The lowest BCUT2D eigenvalue weighted by Gasteiger charge is -2.06. The SMILES string of the molecule is COCCCNC(=O)CNCc1nccn1C. The largest absolute Gasteiger partial charge is 0.385 e. The Morgan fingerprint density at radius 1 is 1.59 bits per heavy atom. The van der Waals surface area contributed by atoms with Gasteiger partial charge >= 0.3 is 0 Å². The second-order valence-corrected chi connectivity index (χ2v) is 3.75. The molecule has 2 N–H and O–H groups in total. The number of carbonyl (C=O) groups excluding carboxylic acids is 1. The van der Waals surface area contributed by atoms with Gasteiger partial charge in [-0.3, -0.25) is 4.79 Å². The lowest BCUT2D eigenvalue weighted by molar-refractivity contribution is -0.120. The van der Waals surface area contributed by atoms with Gasteiger partial charge in [0.25, 0.3) is 0 Å². The Morgan fingerprint density at radius 3 is 3.06 bits per heavy atom. The highest BCUT2D eigenvalue weighted by molar-refractivity contribution is 5.77. The topological polar surface area (TPSA) is 68.2 Å². The van der Waals surface area contributed by atoms with Gasteiger partial charge in [0.15, 0.2) is 0 Å². The van der Waals surface area contributed by atoms with Crippen LogP contribution < -0.4 is 10.6 Å². The number of rotatable bonds is 8. The van der Waals surface area contributed by atoms with E-state index in [0.29, 0.717) is 26.2 Å². The predicted molar refractivity (Wildman–Crippen MR) is 64.4 cm³/mol. The zero-order valence-electron chi connectivity index (χ0n) is 10.4. The molecule has 1 aromatic heterocycles. The van der Waals surface area contributed by atoms with Gasteiger partial charge in [-0.05, 0) is 6.42 Å². The van der Waals surface area contributed by atoms with E-state index in [1.165, 1.54) is 0 Å². The highest BCUT2D eigenvalue weighted by Gasteiger charge is 2.02. The lowest BCUT2D eigenvalue weighted by Crippen LogP contribution is -2.34. The van der Waals surface area contributed by atoms with Gasteiger partial charge in [0, 0.05) is 39.7 Å². The molecule has 0 fully saturated rings. The molecule has 17 heavy (non-hydrogen) atoms. The molecule has 1 aromatic rings. The van der Waals surface area contributed by atoms with Crippen LogP contribution in [0.1, 0.15) is 12.2 Å². The van der Waals surface area contributed by atoms with Crippen molar-refractivity contribution in [3.8, 4) is 0 Å². The first kappa shape index (κ1) is 13.7. The summed E-state index contributed by atoms with van der Waals surface area (Å²) in [6.07, 6.45) is 4.45. The minimum atomic E-state index is -0.00434. The zero-order valence-corrected chi connectivity index (χ0v) is 10.4. The summed E-state index contributed by atoms with van der Waals surface area (Å²) < 4.78 is 6.81. The molecule has 0 atom stereocenters. The summed E-state index contributed by atoms with van der Waals surface area (Å²) in [6, 6.07) is 0. The van der Waals surface area contributed by atoms with E-state index in [1.807, 2.05) is 17.8 Å². The van der Waals surface area contributed by atoms with Crippen molar-refractivity contribution < 1.29 is 9.53 Å². The Labute approximate surface area is 101 Å². The number of hydrogen-bond donors (Lipinski definition) is 2. The van der Waals surface area contributed by atoms with Crippen LogP contribution in [0.3, 0.4) is 0 Å². The van der Waals surface area contributed by atoms with E-state index < -0.39 is 0 Å². The molecule has 0 radical (unpaired) electrons. The van der Waals surface area contributed by atoms with Crippen molar-refractivity contribution in [3.63, 3.8) is 0 Å². The monoisotopic (exact) mass is 240 g/mol. The Kier molecular flexibility index (Phi) is 6.27. The first-order valence-electron chi connectivity index (χ1n) is 5.66. The Balaban J connectivity index is 2.06. The van der Waals surface area contributed by atoms with Crippen LogP contribution in [0.4, 0.5) is 0 Å². The van der Waals surface area contributed by atoms with Gasteiger partial charge in [-0.2, -0.15) is 0 Å². The van der Waals surface area contributed by atoms with Crippen molar-refractivity contribution in [2.24, 2.45) is 7.05 Å². The maximum absolute atomic E-state index is 11.4. The Hall–Kier alpha value is -1.40. The van der Waals surface area contributed by atoms with Gasteiger partial charge < -0.3 is 19.9 Å². The normalized spacial score (nSPS) is 10.5. The molecule has 0 aliphatic carbocycles. The van der Waals surface area contributed by atoms with Crippen molar-refractivity contribution in [1.82, 2.24) is 20.2 Å². The predicted octanol–water partition coefficient (Wildman–Crippen LogP) is -0.338. The number of amides is 1. The fraction of sp³-hybridized carbons (Fsp3) is 0.636. The number of methoxy groups -OCH3 is 1. The Bertz CT molecular complexity index is 338. The number of hydrogen-bond acceptors (Lipinski definition) is 4. The number of aryl methyl sites for hydroxylation is 1. The minimum Gasteiger partial charge on any atom is -0.385 e. The van der Waals surface area contributed by atoms with Crippen LogP contribution >= 0.6 is 0 Å².